The van der Waals surface area contributed by atoms with Crippen molar-refractivity contribution in [2.24, 2.45) is 0 Å². The Labute approximate surface area is 126 Å². The monoisotopic (exact) mass is 320 g/mol. The van der Waals surface area contributed by atoms with Crippen LogP contribution in [0.25, 0.3) is 0 Å². The van der Waals surface area contributed by atoms with Gasteiger partial charge in [0.2, 0.25) is 0 Å². The van der Waals surface area contributed by atoms with Gasteiger partial charge in [-0.05, 0) is 12.5 Å². The number of carbonyl (C=O) groups excluding carboxylic acids is 1. The predicted molar refractivity (Wildman–Crippen MR) is 73.1 cm³/mol. The average Bonchev–Trinajstić information content (AvgIpc) is 2.44. The molecule has 1 N–H and O–H groups in total. The first-order valence-electron chi connectivity index (χ1n) is 6.76. The maximum Gasteiger partial charge on any atom is 0.392 e. The smallest absolute Gasteiger partial charge is 0.392 e. The zero-order valence-electron chi connectivity index (χ0n) is 12.4. The third-order valence-corrected chi connectivity index (χ3v) is 3.13. The van der Waals surface area contributed by atoms with Crippen LogP contribution in [0.5, 0.6) is 0 Å². The fourth-order valence-electron chi connectivity index (χ4n) is 2.14. The van der Waals surface area contributed by atoms with Gasteiger partial charge in [0, 0.05) is 13.5 Å². The van der Waals surface area contributed by atoms with E-state index < -0.39 is 36.7 Å². The topological polar surface area (TPSA) is 55.8 Å². The summed E-state index contributed by atoms with van der Waals surface area (Å²) in [5.74, 6) is -1.30. The minimum absolute atomic E-state index is 0.123. The number of rotatable bonds is 7. The van der Waals surface area contributed by atoms with Crippen molar-refractivity contribution in [3.05, 3.63) is 35.9 Å². The molecule has 0 fully saturated rings. The second-order valence-electron chi connectivity index (χ2n) is 4.88. The van der Waals surface area contributed by atoms with E-state index in [2.05, 4.69) is 4.74 Å². The third-order valence-electron chi connectivity index (χ3n) is 3.13. The Hall–Kier alpha value is -1.60. The molecule has 0 aliphatic rings. The molecule has 0 saturated heterocycles. The molecule has 1 aromatic rings. The van der Waals surface area contributed by atoms with Gasteiger partial charge in [0.15, 0.2) is 5.60 Å². The zero-order valence-corrected chi connectivity index (χ0v) is 12.4. The third kappa shape index (κ3) is 5.31. The summed E-state index contributed by atoms with van der Waals surface area (Å²) in [6.45, 7) is 1.33. The molecule has 0 heterocycles. The molecular weight excluding hydrogens is 301 g/mol. The van der Waals surface area contributed by atoms with Gasteiger partial charge in [-0.2, -0.15) is 13.2 Å². The van der Waals surface area contributed by atoms with Crippen molar-refractivity contribution in [1.29, 1.82) is 0 Å². The molecule has 0 aromatic heterocycles. The number of aliphatic hydroxyl groups is 1. The summed E-state index contributed by atoms with van der Waals surface area (Å²) in [6.07, 6.45) is -7.81. The summed E-state index contributed by atoms with van der Waals surface area (Å²) in [5.41, 5.74) is -2.12. The van der Waals surface area contributed by atoms with E-state index in [0.29, 0.717) is 5.56 Å². The van der Waals surface area contributed by atoms with Crippen LogP contribution >= 0.6 is 0 Å². The highest BCUT2D eigenvalue weighted by Crippen LogP contribution is 2.36. The minimum Gasteiger partial charge on any atom is -0.464 e. The summed E-state index contributed by atoms with van der Waals surface area (Å²) in [6, 6.07) is 8.41. The Morgan fingerprint density at radius 2 is 1.86 bits per heavy atom. The highest BCUT2D eigenvalue weighted by molar-refractivity contribution is 5.79. The van der Waals surface area contributed by atoms with Crippen molar-refractivity contribution >= 4 is 5.97 Å². The Kier molecular flexibility index (Phi) is 6.37. The molecule has 1 aromatic carbocycles. The molecule has 0 saturated carbocycles. The second-order valence-corrected chi connectivity index (χ2v) is 4.88. The van der Waals surface area contributed by atoms with Gasteiger partial charge in [-0.1, -0.05) is 30.3 Å². The van der Waals surface area contributed by atoms with E-state index in [9.17, 15) is 23.1 Å². The van der Waals surface area contributed by atoms with Crippen LogP contribution < -0.4 is 0 Å². The van der Waals surface area contributed by atoms with Crippen LogP contribution in [-0.2, 0) is 14.3 Å². The van der Waals surface area contributed by atoms with Gasteiger partial charge >= 0.3 is 12.1 Å². The Morgan fingerprint density at radius 3 is 2.32 bits per heavy atom. The summed E-state index contributed by atoms with van der Waals surface area (Å²) in [7, 11) is 1.30. The molecule has 1 rings (SSSR count). The molecule has 0 aliphatic carbocycles. The van der Waals surface area contributed by atoms with Crippen LogP contribution in [0.3, 0.4) is 0 Å². The number of hydrogen-bond donors (Lipinski definition) is 1. The molecule has 2 atom stereocenters. The van der Waals surface area contributed by atoms with Gasteiger partial charge in [0.05, 0.1) is 19.1 Å². The molecule has 0 spiro atoms. The van der Waals surface area contributed by atoms with Crippen LogP contribution in [0.4, 0.5) is 13.2 Å². The van der Waals surface area contributed by atoms with E-state index in [0.717, 1.165) is 0 Å². The van der Waals surface area contributed by atoms with Crippen molar-refractivity contribution < 1.29 is 32.5 Å². The first kappa shape index (κ1) is 18.4. The van der Waals surface area contributed by atoms with E-state index in [-0.39, 0.29) is 6.61 Å². The molecule has 0 bridgehead atoms. The van der Waals surface area contributed by atoms with Gasteiger partial charge in [-0.3, -0.25) is 0 Å². The Bertz CT molecular complexity index is 475. The fourth-order valence-corrected chi connectivity index (χ4v) is 2.14. The zero-order chi connectivity index (χ0) is 16.8. The predicted octanol–water partition coefficient (Wildman–Crippen LogP) is 3.01. The Morgan fingerprint density at radius 1 is 1.27 bits per heavy atom. The normalized spacial score (nSPS) is 15.9. The number of methoxy groups -OCH3 is 1. The van der Waals surface area contributed by atoms with Crippen LogP contribution in [0.2, 0.25) is 0 Å². The van der Waals surface area contributed by atoms with Crippen molar-refractivity contribution in [3.8, 4) is 0 Å². The van der Waals surface area contributed by atoms with E-state index in [1.54, 1.807) is 30.3 Å². The van der Waals surface area contributed by atoms with Crippen molar-refractivity contribution in [1.82, 2.24) is 0 Å². The second kappa shape index (κ2) is 7.60. The average molecular weight is 320 g/mol. The summed E-state index contributed by atoms with van der Waals surface area (Å²) in [5, 5.41) is 10.2. The first-order valence-corrected chi connectivity index (χ1v) is 6.76. The molecule has 0 aliphatic heterocycles. The van der Waals surface area contributed by atoms with E-state index >= 15 is 0 Å². The first-order chi connectivity index (χ1) is 10.2. The van der Waals surface area contributed by atoms with Crippen molar-refractivity contribution in [2.45, 2.75) is 37.6 Å². The lowest BCUT2D eigenvalue weighted by Crippen LogP contribution is -2.45. The van der Waals surface area contributed by atoms with Gasteiger partial charge in [-0.15, -0.1) is 0 Å². The van der Waals surface area contributed by atoms with E-state index in [4.69, 9.17) is 4.74 Å². The van der Waals surface area contributed by atoms with Crippen LogP contribution in [0, 0.1) is 0 Å². The molecule has 0 unspecified atom stereocenters. The van der Waals surface area contributed by atoms with Crippen LogP contribution in [-0.4, -0.2) is 36.6 Å². The van der Waals surface area contributed by atoms with Crippen molar-refractivity contribution in [3.63, 3.8) is 0 Å². The van der Waals surface area contributed by atoms with Crippen LogP contribution in [0.1, 0.15) is 31.4 Å². The molecule has 0 radical (unpaired) electrons. The maximum absolute atomic E-state index is 12.7. The summed E-state index contributed by atoms with van der Waals surface area (Å²) >= 11 is 0. The molecule has 124 valence electrons. The van der Waals surface area contributed by atoms with Crippen molar-refractivity contribution in [2.75, 3.05) is 13.7 Å². The Balaban J connectivity index is 3.03. The number of carbonyl (C=O) groups is 1. The number of ether oxygens (including phenoxy) is 2. The van der Waals surface area contributed by atoms with Gasteiger partial charge in [0.25, 0.3) is 0 Å². The molecule has 22 heavy (non-hydrogen) atoms. The number of benzene rings is 1. The van der Waals surface area contributed by atoms with Crippen LogP contribution in [0.15, 0.2) is 30.3 Å². The summed E-state index contributed by atoms with van der Waals surface area (Å²) in [4.78, 5) is 11.8. The quantitative estimate of drug-likeness (QED) is 0.785. The van der Waals surface area contributed by atoms with E-state index in [1.165, 1.54) is 14.0 Å². The van der Waals surface area contributed by atoms with Gasteiger partial charge in [-0.25, -0.2) is 4.79 Å². The molecule has 4 nitrogen and oxygen atoms in total. The maximum atomic E-state index is 12.7. The fraction of sp³-hybridized carbons (Fsp3) is 0.533. The number of alkyl halides is 3. The van der Waals surface area contributed by atoms with Gasteiger partial charge < -0.3 is 14.6 Å². The lowest BCUT2D eigenvalue weighted by atomic mass is 9.89. The molecule has 7 heteroatoms. The SMILES string of the molecule is CCOC(=O)[C@@](O)(C[C@H](OC)c1ccccc1)CC(F)(F)F. The lowest BCUT2D eigenvalue weighted by molar-refractivity contribution is -0.203. The van der Waals surface area contributed by atoms with Gasteiger partial charge in [0.1, 0.15) is 0 Å². The number of hydrogen-bond acceptors (Lipinski definition) is 4. The van der Waals surface area contributed by atoms with E-state index in [1.807, 2.05) is 0 Å². The largest absolute Gasteiger partial charge is 0.464 e. The summed E-state index contributed by atoms with van der Waals surface area (Å²) < 4.78 is 47.8. The molecular formula is C15H19F3O4. The standard InChI is InChI=1S/C15H19F3O4/c1-3-22-13(19)14(20,10-15(16,17)18)9-12(21-2)11-7-5-4-6-8-11/h4-8,12,20H,3,9-10H2,1-2H3/t12-,14+/m0/s1. The lowest BCUT2D eigenvalue weighted by Gasteiger charge is -2.30. The molecule has 0 amide bonds. The number of halogens is 3. The number of esters is 1. The highest BCUT2D eigenvalue weighted by Gasteiger charge is 2.49. The minimum atomic E-state index is -4.71. The highest BCUT2D eigenvalue weighted by atomic mass is 19.4.